The molecule has 2 N–H and O–H groups in total. The van der Waals surface area contributed by atoms with Crippen molar-refractivity contribution in [3.63, 3.8) is 0 Å². The molecule has 3 amide bonds. The number of nitrogens with zero attached hydrogens (tertiary/aromatic N) is 3. The first-order valence-corrected chi connectivity index (χ1v) is 11.8. The topological polar surface area (TPSA) is 79.3 Å². The molecule has 2 aromatic carbocycles. The van der Waals surface area contributed by atoms with Gasteiger partial charge in [-0.2, -0.15) is 5.10 Å². The molecule has 0 saturated heterocycles. The fourth-order valence-electron chi connectivity index (χ4n) is 3.47. The van der Waals surface area contributed by atoms with Gasteiger partial charge in [0.05, 0.1) is 16.4 Å². The van der Waals surface area contributed by atoms with Crippen LogP contribution in [0.4, 0.5) is 16.3 Å². The highest BCUT2D eigenvalue weighted by molar-refractivity contribution is 6.32. The number of amides is 3. The van der Waals surface area contributed by atoms with Crippen LogP contribution >= 0.6 is 11.6 Å². The SMILES string of the molecule is CCc1ccccc1NC(=O)N(CC)CC(=O)Nc1cc(C(C)(C)C)nn1-c1ccccc1Cl. The highest BCUT2D eigenvalue weighted by atomic mass is 35.5. The molecule has 0 spiro atoms. The average Bonchev–Trinajstić information content (AvgIpc) is 3.22. The summed E-state index contributed by atoms with van der Waals surface area (Å²) < 4.78 is 1.63. The number of aromatic nitrogens is 2. The zero-order chi connectivity index (χ0) is 24.9. The molecule has 1 aromatic heterocycles. The maximum absolute atomic E-state index is 13.0. The van der Waals surface area contributed by atoms with Gasteiger partial charge in [0.15, 0.2) is 0 Å². The van der Waals surface area contributed by atoms with Crippen molar-refractivity contribution < 1.29 is 9.59 Å². The number of benzene rings is 2. The lowest BCUT2D eigenvalue weighted by molar-refractivity contribution is -0.116. The first-order valence-electron chi connectivity index (χ1n) is 11.4. The van der Waals surface area contributed by atoms with Gasteiger partial charge < -0.3 is 15.5 Å². The van der Waals surface area contributed by atoms with E-state index in [2.05, 4.69) is 31.4 Å². The van der Waals surface area contributed by atoms with E-state index in [9.17, 15) is 9.59 Å². The third-order valence-electron chi connectivity index (χ3n) is 5.47. The van der Waals surface area contributed by atoms with Crippen LogP contribution < -0.4 is 10.6 Å². The highest BCUT2D eigenvalue weighted by Gasteiger charge is 2.23. The van der Waals surface area contributed by atoms with Gasteiger partial charge in [0.1, 0.15) is 12.4 Å². The van der Waals surface area contributed by atoms with E-state index < -0.39 is 0 Å². The third kappa shape index (κ3) is 5.97. The van der Waals surface area contributed by atoms with Gasteiger partial charge in [-0.1, -0.05) is 69.6 Å². The molecular weight excluding hydrogens is 450 g/mol. The molecular formula is C26H32ClN5O2. The molecule has 180 valence electrons. The van der Waals surface area contributed by atoms with Crippen molar-refractivity contribution in [3.8, 4) is 5.69 Å². The summed E-state index contributed by atoms with van der Waals surface area (Å²) in [5.41, 5.74) is 3.03. The number of rotatable bonds is 7. The van der Waals surface area contributed by atoms with E-state index in [1.807, 2.05) is 62.4 Å². The Balaban J connectivity index is 1.79. The van der Waals surface area contributed by atoms with Crippen LogP contribution in [0.15, 0.2) is 54.6 Å². The number of hydrogen-bond acceptors (Lipinski definition) is 3. The van der Waals surface area contributed by atoms with Crippen LogP contribution in [0.1, 0.15) is 45.9 Å². The lowest BCUT2D eigenvalue weighted by Crippen LogP contribution is -2.40. The number of halogens is 1. The maximum atomic E-state index is 13.0. The van der Waals surface area contributed by atoms with Gasteiger partial charge in [-0.25, -0.2) is 9.48 Å². The lowest BCUT2D eigenvalue weighted by Gasteiger charge is -2.22. The first kappa shape index (κ1) is 25.3. The Morgan fingerprint density at radius 1 is 1.03 bits per heavy atom. The van der Waals surface area contributed by atoms with Crippen LogP contribution in [0.3, 0.4) is 0 Å². The Kier molecular flexibility index (Phi) is 7.99. The largest absolute Gasteiger partial charge is 0.322 e. The van der Waals surface area contributed by atoms with Gasteiger partial charge in [0.2, 0.25) is 5.91 Å². The van der Waals surface area contributed by atoms with Crippen molar-refractivity contribution in [1.29, 1.82) is 0 Å². The number of likely N-dealkylation sites (N-methyl/N-ethyl adjacent to an activating group) is 1. The summed E-state index contributed by atoms with van der Waals surface area (Å²) in [6.45, 7) is 10.3. The van der Waals surface area contributed by atoms with Crippen molar-refractivity contribution in [2.24, 2.45) is 0 Å². The molecule has 3 aromatic rings. The molecule has 34 heavy (non-hydrogen) atoms. The molecule has 0 atom stereocenters. The molecule has 0 radical (unpaired) electrons. The van der Waals surface area contributed by atoms with E-state index in [1.54, 1.807) is 10.7 Å². The van der Waals surface area contributed by atoms with E-state index in [4.69, 9.17) is 16.7 Å². The molecule has 7 nitrogen and oxygen atoms in total. The predicted molar refractivity (Wildman–Crippen MR) is 138 cm³/mol. The van der Waals surface area contributed by atoms with Crippen molar-refractivity contribution in [2.45, 2.75) is 46.5 Å². The van der Waals surface area contributed by atoms with E-state index in [-0.39, 0.29) is 23.9 Å². The first-order chi connectivity index (χ1) is 16.1. The number of hydrogen-bond donors (Lipinski definition) is 2. The molecule has 3 rings (SSSR count). The second kappa shape index (κ2) is 10.7. The number of nitrogens with one attached hydrogen (secondary N) is 2. The molecule has 1 heterocycles. The third-order valence-corrected chi connectivity index (χ3v) is 5.79. The average molecular weight is 482 g/mol. The molecule has 0 bridgehead atoms. The number of para-hydroxylation sites is 2. The summed E-state index contributed by atoms with van der Waals surface area (Å²) in [6.07, 6.45) is 0.797. The Bertz CT molecular complexity index is 1170. The normalized spacial score (nSPS) is 11.2. The van der Waals surface area contributed by atoms with Gasteiger partial charge in [-0.15, -0.1) is 0 Å². The zero-order valence-electron chi connectivity index (χ0n) is 20.4. The monoisotopic (exact) mass is 481 g/mol. The standard InChI is InChI=1S/C26H32ClN5O2/c1-6-18-12-8-10-14-20(18)28-25(34)31(7-2)17-24(33)29-23-16-22(26(3,4)5)30-32(23)21-15-11-9-13-19(21)27/h8-16H,6-7,17H2,1-5H3,(H,28,34)(H,29,33). The highest BCUT2D eigenvalue weighted by Crippen LogP contribution is 2.29. The van der Waals surface area contributed by atoms with E-state index in [0.29, 0.717) is 23.1 Å². The van der Waals surface area contributed by atoms with Gasteiger partial charge in [-0.05, 0) is 37.1 Å². The summed E-state index contributed by atoms with van der Waals surface area (Å²) in [5, 5.41) is 11.1. The lowest BCUT2D eigenvalue weighted by atomic mass is 9.92. The summed E-state index contributed by atoms with van der Waals surface area (Å²) in [7, 11) is 0. The maximum Gasteiger partial charge on any atom is 0.322 e. The Labute approximate surface area is 206 Å². The molecule has 8 heteroatoms. The number of aryl methyl sites for hydroxylation is 1. The predicted octanol–water partition coefficient (Wildman–Crippen LogP) is 5.88. The minimum atomic E-state index is -0.325. The molecule has 0 fully saturated rings. The fraction of sp³-hybridized carbons (Fsp3) is 0.346. The second-order valence-electron chi connectivity index (χ2n) is 9.03. The minimum Gasteiger partial charge on any atom is -0.315 e. The van der Waals surface area contributed by atoms with E-state index >= 15 is 0 Å². The molecule has 0 aliphatic carbocycles. The summed E-state index contributed by atoms with van der Waals surface area (Å²) >= 11 is 6.41. The Morgan fingerprint density at radius 2 is 1.71 bits per heavy atom. The smallest absolute Gasteiger partial charge is 0.315 e. The van der Waals surface area contributed by atoms with Crippen LogP contribution in [-0.2, 0) is 16.6 Å². The number of carbonyl (C=O) groups excluding carboxylic acids is 2. The summed E-state index contributed by atoms with van der Waals surface area (Å²) in [5.74, 6) is 0.172. The van der Waals surface area contributed by atoms with E-state index in [1.165, 1.54) is 4.90 Å². The van der Waals surface area contributed by atoms with Crippen molar-refractivity contribution in [3.05, 3.63) is 70.9 Å². The molecule has 0 saturated carbocycles. The van der Waals surface area contributed by atoms with Crippen LogP contribution in [0.5, 0.6) is 0 Å². The van der Waals surface area contributed by atoms with Gasteiger partial charge in [-0.3, -0.25) is 4.79 Å². The number of anilines is 2. The Hall–Kier alpha value is -3.32. The van der Waals surface area contributed by atoms with Crippen LogP contribution in [-0.4, -0.2) is 39.7 Å². The summed E-state index contributed by atoms with van der Waals surface area (Å²) in [4.78, 5) is 27.3. The zero-order valence-corrected chi connectivity index (χ0v) is 21.1. The minimum absolute atomic E-state index is 0.102. The molecule has 0 unspecified atom stereocenters. The van der Waals surface area contributed by atoms with Crippen LogP contribution in [0.25, 0.3) is 5.69 Å². The van der Waals surface area contributed by atoms with Crippen molar-refractivity contribution in [2.75, 3.05) is 23.7 Å². The van der Waals surface area contributed by atoms with Crippen molar-refractivity contribution in [1.82, 2.24) is 14.7 Å². The summed E-state index contributed by atoms with van der Waals surface area (Å²) in [6, 6.07) is 16.5. The van der Waals surface area contributed by atoms with Crippen LogP contribution in [0.2, 0.25) is 5.02 Å². The fourth-order valence-corrected chi connectivity index (χ4v) is 3.69. The molecule has 0 aliphatic rings. The second-order valence-corrected chi connectivity index (χ2v) is 9.44. The van der Waals surface area contributed by atoms with Crippen LogP contribution in [0, 0.1) is 0 Å². The van der Waals surface area contributed by atoms with Gasteiger partial charge in [0.25, 0.3) is 0 Å². The quantitative estimate of drug-likeness (QED) is 0.442. The molecule has 0 aliphatic heterocycles. The van der Waals surface area contributed by atoms with Gasteiger partial charge >= 0.3 is 6.03 Å². The number of carbonyl (C=O) groups is 2. The van der Waals surface area contributed by atoms with Crippen molar-refractivity contribution >= 4 is 35.0 Å². The van der Waals surface area contributed by atoms with Gasteiger partial charge in [0, 0.05) is 23.7 Å². The van der Waals surface area contributed by atoms with E-state index in [0.717, 1.165) is 23.4 Å². The Morgan fingerprint density at radius 3 is 2.35 bits per heavy atom. The number of urea groups is 1.